The van der Waals surface area contributed by atoms with Gasteiger partial charge >= 0.3 is 5.97 Å². The summed E-state index contributed by atoms with van der Waals surface area (Å²) in [4.78, 5) is 11.4. The van der Waals surface area contributed by atoms with Crippen molar-refractivity contribution in [2.75, 3.05) is 13.7 Å². The SMILES string of the molecule is COC(=O)c1cc(C(N)CO)c(F)cc1C. The lowest BCUT2D eigenvalue weighted by atomic mass is 10.0. The molecule has 1 aromatic rings. The Kier molecular flexibility index (Phi) is 3.98. The average Bonchev–Trinajstić information content (AvgIpc) is 2.27. The molecule has 0 saturated carbocycles. The Morgan fingerprint density at radius 2 is 2.25 bits per heavy atom. The van der Waals surface area contributed by atoms with Crippen molar-refractivity contribution >= 4 is 5.97 Å². The molecule has 0 aliphatic carbocycles. The number of benzene rings is 1. The van der Waals surface area contributed by atoms with Gasteiger partial charge in [0.1, 0.15) is 5.82 Å². The second-order valence-corrected chi connectivity index (χ2v) is 3.47. The first-order chi connectivity index (χ1) is 7.51. The molecule has 1 rings (SSSR count). The first kappa shape index (κ1) is 12.6. The van der Waals surface area contributed by atoms with E-state index in [9.17, 15) is 9.18 Å². The van der Waals surface area contributed by atoms with Gasteiger partial charge < -0.3 is 15.6 Å². The fourth-order valence-electron chi connectivity index (χ4n) is 1.40. The van der Waals surface area contributed by atoms with Crippen LogP contribution in [0.4, 0.5) is 4.39 Å². The number of nitrogens with two attached hydrogens (primary N) is 1. The molecule has 0 bridgehead atoms. The Hall–Kier alpha value is -1.46. The maximum atomic E-state index is 13.5. The molecule has 5 heteroatoms. The summed E-state index contributed by atoms with van der Waals surface area (Å²) < 4.78 is 18.1. The third-order valence-corrected chi connectivity index (χ3v) is 2.35. The van der Waals surface area contributed by atoms with Gasteiger partial charge in [-0.15, -0.1) is 0 Å². The molecule has 1 atom stereocenters. The number of halogens is 1. The number of rotatable bonds is 3. The predicted molar refractivity (Wildman–Crippen MR) is 56.5 cm³/mol. The fourth-order valence-corrected chi connectivity index (χ4v) is 1.40. The average molecular weight is 227 g/mol. The summed E-state index contributed by atoms with van der Waals surface area (Å²) in [5.74, 6) is -1.09. The van der Waals surface area contributed by atoms with Crippen molar-refractivity contribution in [3.63, 3.8) is 0 Å². The number of aryl methyl sites for hydroxylation is 1. The maximum Gasteiger partial charge on any atom is 0.338 e. The van der Waals surface area contributed by atoms with Gasteiger partial charge in [-0.05, 0) is 24.6 Å². The monoisotopic (exact) mass is 227 g/mol. The number of ether oxygens (including phenoxy) is 1. The lowest BCUT2D eigenvalue weighted by Crippen LogP contribution is -2.17. The molecule has 0 aromatic heterocycles. The largest absolute Gasteiger partial charge is 0.465 e. The van der Waals surface area contributed by atoms with Crippen molar-refractivity contribution in [2.24, 2.45) is 5.73 Å². The minimum Gasteiger partial charge on any atom is -0.465 e. The van der Waals surface area contributed by atoms with Crippen LogP contribution in [0.1, 0.15) is 27.5 Å². The predicted octanol–water partition coefficient (Wildman–Crippen LogP) is 0.913. The molecule has 0 radical (unpaired) electrons. The summed E-state index contributed by atoms with van der Waals surface area (Å²) in [5, 5.41) is 8.86. The molecule has 16 heavy (non-hydrogen) atoms. The molecule has 4 nitrogen and oxygen atoms in total. The van der Waals surface area contributed by atoms with Crippen molar-refractivity contribution in [2.45, 2.75) is 13.0 Å². The Morgan fingerprint density at radius 1 is 1.62 bits per heavy atom. The van der Waals surface area contributed by atoms with Crippen LogP contribution in [-0.4, -0.2) is 24.8 Å². The van der Waals surface area contributed by atoms with Gasteiger partial charge in [-0.1, -0.05) is 0 Å². The summed E-state index contributed by atoms with van der Waals surface area (Å²) in [6.07, 6.45) is 0. The van der Waals surface area contributed by atoms with E-state index in [-0.39, 0.29) is 17.7 Å². The number of carbonyl (C=O) groups is 1. The number of esters is 1. The van der Waals surface area contributed by atoms with Crippen LogP contribution in [0.25, 0.3) is 0 Å². The molecule has 1 unspecified atom stereocenters. The van der Waals surface area contributed by atoms with E-state index in [0.717, 1.165) is 0 Å². The standard InChI is InChI=1S/C11H14FNO3/c1-6-3-9(12)8(10(13)5-14)4-7(6)11(15)16-2/h3-4,10,14H,5,13H2,1-2H3. The van der Waals surface area contributed by atoms with Crippen molar-refractivity contribution < 1.29 is 19.0 Å². The second kappa shape index (κ2) is 5.05. The molecular weight excluding hydrogens is 213 g/mol. The molecular formula is C11H14FNO3. The van der Waals surface area contributed by atoms with Gasteiger partial charge in [-0.25, -0.2) is 9.18 Å². The van der Waals surface area contributed by atoms with Crippen molar-refractivity contribution in [1.29, 1.82) is 0 Å². The normalized spacial score (nSPS) is 12.3. The van der Waals surface area contributed by atoms with Crippen LogP contribution in [0, 0.1) is 12.7 Å². The minimum atomic E-state index is -0.844. The van der Waals surface area contributed by atoms with Gasteiger partial charge in [0, 0.05) is 5.56 Å². The molecule has 0 saturated heterocycles. The van der Waals surface area contributed by atoms with Crippen LogP contribution in [0.2, 0.25) is 0 Å². The van der Waals surface area contributed by atoms with Gasteiger partial charge in [-0.3, -0.25) is 0 Å². The molecule has 88 valence electrons. The van der Waals surface area contributed by atoms with E-state index >= 15 is 0 Å². The van der Waals surface area contributed by atoms with E-state index in [0.29, 0.717) is 5.56 Å². The van der Waals surface area contributed by atoms with E-state index < -0.39 is 17.8 Å². The zero-order chi connectivity index (χ0) is 12.3. The molecule has 0 aliphatic heterocycles. The molecule has 0 heterocycles. The van der Waals surface area contributed by atoms with Crippen molar-refractivity contribution in [3.05, 3.63) is 34.6 Å². The smallest absolute Gasteiger partial charge is 0.338 e. The number of methoxy groups -OCH3 is 1. The van der Waals surface area contributed by atoms with E-state index in [4.69, 9.17) is 10.8 Å². The topological polar surface area (TPSA) is 72.5 Å². The lowest BCUT2D eigenvalue weighted by Gasteiger charge is -2.13. The van der Waals surface area contributed by atoms with E-state index in [2.05, 4.69) is 4.74 Å². The van der Waals surface area contributed by atoms with Gasteiger partial charge in [0.05, 0.1) is 25.3 Å². The van der Waals surface area contributed by atoms with E-state index in [1.54, 1.807) is 6.92 Å². The number of aliphatic hydroxyl groups excluding tert-OH is 1. The van der Waals surface area contributed by atoms with Crippen LogP contribution < -0.4 is 5.73 Å². The van der Waals surface area contributed by atoms with Crippen LogP contribution in [0.3, 0.4) is 0 Å². The molecule has 0 amide bonds. The van der Waals surface area contributed by atoms with Gasteiger partial charge in [-0.2, -0.15) is 0 Å². The highest BCUT2D eigenvalue weighted by molar-refractivity contribution is 5.91. The Balaban J connectivity index is 3.26. The third kappa shape index (κ3) is 2.37. The summed E-state index contributed by atoms with van der Waals surface area (Å²) in [6.45, 7) is 1.21. The second-order valence-electron chi connectivity index (χ2n) is 3.47. The first-order valence-corrected chi connectivity index (χ1v) is 4.76. The highest BCUT2D eigenvalue weighted by Crippen LogP contribution is 2.20. The number of carbonyl (C=O) groups excluding carboxylic acids is 1. The third-order valence-electron chi connectivity index (χ3n) is 2.35. The summed E-state index contributed by atoms with van der Waals surface area (Å²) in [6, 6.07) is 1.68. The summed E-state index contributed by atoms with van der Waals surface area (Å²) >= 11 is 0. The van der Waals surface area contributed by atoms with E-state index in [1.807, 2.05) is 0 Å². The van der Waals surface area contributed by atoms with Crippen LogP contribution in [-0.2, 0) is 4.74 Å². The minimum absolute atomic E-state index is 0.105. The molecule has 0 aliphatic rings. The summed E-state index contributed by atoms with van der Waals surface area (Å²) in [5.41, 5.74) is 6.34. The van der Waals surface area contributed by atoms with Crippen LogP contribution in [0.15, 0.2) is 12.1 Å². The highest BCUT2D eigenvalue weighted by atomic mass is 19.1. The van der Waals surface area contributed by atoms with Gasteiger partial charge in [0.25, 0.3) is 0 Å². The van der Waals surface area contributed by atoms with Crippen molar-refractivity contribution in [1.82, 2.24) is 0 Å². The molecule has 1 aromatic carbocycles. The Morgan fingerprint density at radius 3 is 2.75 bits per heavy atom. The molecule has 3 N–H and O–H groups in total. The van der Waals surface area contributed by atoms with Crippen LogP contribution in [0.5, 0.6) is 0 Å². The van der Waals surface area contributed by atoms with Crippen LogP contribution >= 0.6 is 0 Å². The van der Waals surface area contributed by atoms with E-state index in [1.165, 1.54) is 19.2 Å². The number of aliphatic hydroxyl groups is 1. The Labute approximate surface area is 92.8 Å². The lowest BCUT2D eigenvalue weighted by molar-refractivity contribution is 0.0599. The first-order valence-electron chi connectivity index (χ1n) is 4.76. The number of hydrogen-bond acceptors (Lipinski definition) is 4. The Bertz CT molecular complexity index is 406. The quantitative estimate of drug-likeness (QED) is 0.753. The van der Waals surface area contributed by atoms with Gasteiger partial charge in [0.15, 0.2) is 0 Å². The summed E-state index contributed by atoms with van der Waals surface area (Å²) in [7, 11) is 1.25. The van der Waals surface area contributed by atoms with Gasteiger partial charge in [0.2, 0.25) is 0 Å². The zero-order valence-corrected chi connectivity index (χ0v) is 9.16. The fraction of sp³-hybridized carbons (Fsp3) is 0.364. The highest BCUT2D eigenvalue weighted by Gasteiger charge is 2.17. The van der Waals surface area contributed by atoms with Crippen molar-refractivity contribution in [3.8, 4) is 0 Å². The molecule has 0 fully saturated rings. The zero-order valence-electron chi connectivity index (χ0n) is 9.16. The number of hydrogen-bond donors (Lipinski definition) is 2. The molecule has 0 spiro atoms. The maximum absolute atomic E-state index is 13.5.